The monoisotopic (exact) mass is 493 g/mol. The van der Waals surface area contributed by atoms with Crippen molar-refractivity contribution in [3.63, 3.8) is 0 Å². The van der Waals surface area contributed by atoms with E-state index in [0.717, 1.165) is 24.6 Å². The Labute approximate surface area is 185 Å². The summed E-state index contributed by atoms with van der Waals surface area (Å²) in [4.78, 5) is 16.9. The molecule has 0 saturated carbocycles. The topological polar surface area (TPSA) is 72.8 Å². The van der Waals surface area contributed by atoms with Gasteiger partial charge in [-0.25, -0.2) is 10.4 Å². The average molecular weight is 494 g/mol. The standard InChI is InChI=1S/C20H20BrN3O3S2/c1-4-27-18-14(21)9-13(10-16(18)26-3)11-22-24-19(25)12(2)28-20-23-15-7-5-6-8-17(15)29-20/h5-12H,4H2,1-3H3,(H,24,25)/b22-11-/t12-/m0/s1. The van der Waals surface area contributed by atoms with E-state index in [1.807, 2.05) is 44.2 Å². The fraction of sp³-hybridized carbons (Fsp3) is 0.250. The molecule has 0 aliphatic rings. The molecule has 2 aromatic carbocycles. The highest BCUT2D eigenvalue weighted by atomic mass is 79.9. The van der Waals surface area contributed by atoms with E-state index in [0.29, 0.717) is 18.1 Å². The molecule has 3 rings (SSSR count). The Morgan fingerprint density at radius 3 is 2.93 bits per heavy atom. The second-order valence-corrected chi connectivity index (χ2v) is 9.38. The van der Waals surface area contributed by atoms with E-state index < -0.39 is 0 Å². The molecule has 0 spiro atoms. The molecule has 152 valence electrons. The van der Waals surface area contributed by atoms with Crippen molar-refractivity contribution in [1.29, 1.82) is 0 Å². The molecular formula is C20H20BrN3O3S2. The van der Waals surface area contributed by atoms with Crippen molar-refractivity contribution < 1.29 is 14.3 Å². The number of carbonyl (C=O) groups is 1. The molecule has 0 saturated heterocycles. The molecular weight excluding hydrogens is 474 g/mol. The number of hydrogen-bond acceptors (Lipinski definition) is 7. The lowest BCUT2D eigenvalue weighted by Gasteiger charge is -2.12. The second kappa shape index (κ2) is 10.1. The Balaban J connectivity index is 1.62. The Hall–Kier alpha value is -2.10. The Morgan fingerprint density at radius 2 is 2.21 bits per heavy atom. The number of rotatable bonds is 8. The first kappa shape index (κ1) is 21.6. The predicted molar refractivity (Wildman–Crippen MR) is 123 cm³/mol. The van der Waals surface area contributed by atoms with Crippen LogP contribution in [0.3, 0.4) is 0 Å². The van der Waals surface area contributed by atoms with Gasteiger partial charge >= 0.3 is 0 Å². The van der Waals surface area contributed by atoms with Gasteiger partial charge in [0.2, 0.25) is 0 Å². The highest BCUT2D eigenvalue weighted by Gasteiger charge is 2.16. The minimum absolute atomic E-state index is 0.192. The molecule has 0 radical (unpaired) electrons. The zero-order valence-electron chi connectivity index (χ0n) is 16.1. The largest absolute Gasteiger partial charge is 0.493 e. The fourth-order valence-electron chi connectivity index (χ4n) is 2.47. The zero-order valence-corrected chi connectivity index (χ0v) is 19.4. The third-order valence-corrected chi connectivity index (χ3v) is 6.67. The fourth-order valence-corrected chi connectivity index (χ4v) is 5.25. The number of thiazole rings is 1. The van der Waals surface area contributed by atoms with Gasteiger partial charge in [-0.2, -0.15) is 5.10 Å². The van der Waals surface area contributed by atoms with Crippen LogP contribution in [0.25, 0.3) is 10.2 Å². The number of thioether (sulfide) groups is 1. The van der Waals surface area contributed by atoms with Crippen molar-refractivity contribution in [1.82, 2.24) is 10.4 Å². The van der Waals surface area contributed by atoms with E-state index in [-0.39, 0.29) is 11.2 Å². The van der Waals surface area contributed by atoms with Gasteiger partial charge in [0.05, 0.1) is 39.9 Å². The predicted octanol–water partition coefficient (Wildman–Crippen LogP) is 5.10. The van der Waals surface area contributed by atoms with Gasteiger partial charge in [-0.05, 0) is 59.6 Å². The van der Waals surface area contributed by atoms with Crippen molar-refractivity contribution in [2.75, 3.05) is 13.7 Å². The van der Waals surface area contributed by atoms with Crippen LogP contribution in [-0.4, -0.2) is 36.1 Å². The third-order valence-electron chi connectivity index (χ3n) is 3.85. The minimum Gasteiger partial charge on any atom is -0.493 e. The Morgan fingerprint density at radius 1 is 1.41 bits per heavy atom. The summed E-state index contributed by atoms with van der Waals surface area (Å²) >= 11 is 6.47. The highest BCUT2D eigenvalue weighted by molar-refractivity contribution is 9.10. The first-order chi connectivity index (χ1) is 14.0. The van der Waals surface area contributed by atoms with E-state index in [1.165, 1.54) is 11.8 Å². The molecule has 29 heavy (non-hydrogen) atoms. The molecule has 1 amide bonds. The van der Waals surface area contributed by atoms with Crippen molar-refractivity contribution in [2.45, 2.75) is 23.4 Å². The number of amides is 1. The number of benzene rings is 2. The van der Waals surface area contributed by atoms with E-state index in [9.17, 15) is 4.79 Å². The van der Waals surface area contributed by atoms with Crippen molar-refractivity contribution in [3.8, 4) is 11.5 Å². The van der Waals surface area contributed by atoms with E-state index >= 15 is 0 Å². The number of nitrogens with one attached hydrogen (secondary N) is 1. The van der Waals surface area contributed by atoms with Gasteiger partial charge in [0.1, 0.15) is 0 Å². The number of ether oxygens (including phenoxy) is 2. The number of halogens is 1. The van der Waals surface area contributed by atoms with Gasteiger partial charge in [-0.1, -0.05) is 23.9 Å². The van der Waals surface area contributed by atoms with Crippen LogP contribution in [0.4, 0.5) is 0 Å². The number of para-hydroxylation sites is 1. The second-order valence-electron chi connectivity index (χ2n) is 5.91. The van der Waals surface area contributed by atoms with Crippen LogP contribution in [0.5, 0.6) is 11.5 Å². The molecule has 3 aromatic rings. The van der Waals surface area contributed by atoms with Gasteiger partial charge in [0.25, 0.3) is 5.91 Å². The lowest BCUT2D eigenvalue weighted by atomic mass is 10.2. The summed E-state index contributed by atoms with van der Waals surface area (Å²) in [5.41, 5.74) is 4.29. The highest BCUT2D eigenvalue weighted by Crippen LogP contribution is 2.36. The maximum Gasteiger partial charge on any atom is 0.253 e. The maximum absolute atomic E-state index is 12.4. The normalized spacial score (nSPS) is 12.3. The summed E-state index contributed by atoms with van der Waals surface area (Å²) in [6.07, 6.45) is 1.57. The smallest absolute Gasteiger partial charge is 0.253 e. The van der Waals surface area contributed by atoms with Crippen LogP contribution >= 0.6 is 39.0 Å². The van der Waals surface area contributed by atoms with Crippen LogP contribution in [0, 0.1) is 0 Å². The Kier molecular flexibility index (Phi) is 7.51. The summed E-state index contributed by atoms with van der Waals surface area (Å²) in [5, 5.41) is 3.74. The Bertz CT molecular complexity index is 1010. The van der Waals surface area contributed by atoms with Crippen LogP contribution in [0.1, 0.15) is 19.4 Å². The van der Waals surface area contributed by atoms with Gasteiger partial charge in [0, 0.05) is 0 Å². The van der Waals surface area contributed by atoms with Gasteiger partial charge in [-0.3, -0.25) is 4.79 Å². The van der Waals surface area contributed by atoms with E-state index in [4.69, 9.17) is 9.47 Å². The number of fused-ring (bicyclic) bond motifs is 1. The number of methoxy groups -OCH3 is 1. The quantitative estimate of drug-likeness (QED) is 0.268. The molecule has 9 heteroatoms. The lowest BCUT2D eigenvalue weighted by molar-refractivity contribution is -0.120. The van der Waals surface area contributed by atoms with E-state index in [1.54, 1.807) is 30.7 Å². The summed E-state index contributed by atoms with van der Waals surface area (Å²) in [5.74, 6) is 1.04. The van der Waals surface area contributed by atoms with Crippen LogP contribution < -0.4 is 14.9 Å². The first-order valence-electron chi connectivity index (χ1n) is 8.87. The summed E-state index contributed by atoms with van der Waals surface area (Å²) in [6, 6.07) is 11.6. The lowest BCUT2D eigenvalue weighted by Crippen LogP contribution is -2.26. The minimum atomic E-state index is -0.325. The van der Waals surface area contributed by atoms with Crippen LogP contribution in [0.2, 0.25) is 0 Å². The van der Waals surface area contributed by atoms with Gasteiger partial charge in [-0.15, -0.1) is 11.3 Å². The zero-order chi connectivity index (χ0) is 20.8. The molecule has 0 aliphatic carbocycles. The van der Waals surface area contributed by atoms with Crippen molar-refractivity contribution in [3.05, 3.63) is 46.4 Å². The van der Waals surface area contributed by atoms with Gasteiger partial charge < -0.3 is 9.47 Å². The SMILES string of the molecule is CCOc1c(Br)cc(/C=N\NC(=O)[C@H](C)Sc2nc3ccccc3s2)cc1OC. The molecule has 0 aliphatic heterocycles. The molecule has 0 unspecified atom stereocenters. The molecule has 6 nitrogen and oxygen atoms in total. The van der Waals surface area contributed by atoms with Crippen LogP contribution in [0.15, 0.2) is 50.3 Å². The maximum atomic E-state index is 12.4. The van der Waals surface area contributed by atoms with Crippen molar-refractivity contribution >= 4 is 61.4 Å². The number of aromatic nitrogens is 1. The summed E-state index contributed by atoms with van der Waals surface area (Å²) in [7, 11) is 1.58. The molecule has 0 fully saturated rings. The first-order valence-corrected chi connectivity index (χ1v) is 11.4. The molecule has 1 N–H and O–H groups in total. The van der Waals surface area contributed by atoms with E-state index in [2.05, 4.69) is 31.4 Å². The van der Waals surface area contributed by atoms with Gasteiger partial charge in [0.15, 0.2) is 15.8 Å². The summed E-state index contributed by atoms with van der Waals surface area (Å²) in [6.45, 7) is 4.27. The number of carbonyl (C=O) groups excluding carboxylic acids is 1. The number of hydrazone groups is 1. The average Bonchev–Trinajstić information content (AvgIpc) is 3.11. The number of hydrogen-bond donors (Lipinski definition) is 1. The molecule has 1 heterocycles. The van der Waals surface area contributed by atoms with Crippen LogP contribution in [-0.2, 0) is 4.79 Å². The molecule has 1 atom stereocenters. The van der Waals surface area contributed by atoms with Crippen molar-refractivity contribution in [2.24, 2.45) is 5.10 Å². The number of nitrogens with zero attached hydrogens (tertiary/aromatic N) is 2. The molecule has 0 bridgehead atoms. The third kappa shape index (κ3) is 5.49. The molecule has 1 aromatic heterocycles. The summed E-state index contributed by atoms with van der Waals surface area (Å²) < 4.78 is 13.7.